The van der Waals surface area contributed by atoms with Gasteiger partial charge in [-0.25, -0.2) is 16.8 Å². The third-order valence-corrected chi connectivity index (χ3v) is 7.01. The molecule has 3 aromatic carbocycles. The molecule has 44 heavy (non-hydrogen) atoms. The molecule has 1 aromatic heterocycles. The second kappa shape index (κ2) is 17.7. The monoisotopic (exact) mass is 690 g/mol. The van der Waals surface area contributed by atoms with Crippen molar-refractivity contribution in [3.05, 3.63) is 73.5 Å². The van der Waals surface area contributed by atoms with E-state index in [1.54, 1.807) is 0 Å². The first-order chi connectivity index (χ1) is 19.7. The molecule has 4 rings (SSSR count). The van der Waals surface area contributed by atoms with Gasteiger partial charge in [0, 0.05) is 17.1 Å². The van der Waals surface area contributed by atoms with Crippen LogP contribution in [0.15, 0.2) is 74.6 Å². The molecule has 0 fully saturated rings. The van der Waals surface area contributed by atoms with Gasteiger partial charge in [0.05, 0.1) is 27.5 Å². The number of halogens is 2. The van der Waals surface area contributed by atoms with Crippen molar-refractivity contribution in [3.63, 3.8) is 0 Å². The largest absolute Gasteiger partial charge is 1.00 e. The number of benzene rings is 3. The number of rotatable bonds is 9. The predicted molar refractivity (Wildman–Crippen MR) is 139 cm³/mol. The second-order valence-electron chi connectivity index (χ2n) is 7.64. The molecule has 22 heteroatoms. The van der Waals surface area contributed by atoms with Gasteiger partial charge in [0.2, 0.25) is 16.3 Å². The molecule has 0 saturated heterocycles. The predicted octanol–water partition coefficient (Wildman–Crippen LogP) is -2.38. The number of hydrogen-bond donors (Lipinski definition) is 3. The summed E-state index contributed by atoms with van der Waals surface area (Å²) in [5, 5.41) is 36.2. The van der Waals surface area contributed by atoms with Crippen LogP contribution >= 0.6 is 12.0 Å². The molecule has 0 saturated carbocycles. The molecule has 0 atom stereocenters. The number of fused-ring (bicyclic) bond motifs is 1. The van der Waals surface area contributed by atoms with Crippen LogP contribution < -0.4 is 69.7 Å². The molecule has 3 N–H and O–H groups in total. The number of phenolic OH excluding ortho intramolecular Hbond substituents is 1. The van der Waals surface area contributed by atoms with E-state index in [1.165, 1.54) is 48.5 Å². The van der Waals surface area contributed by atoms with Gasteiger partial charge in [0.1, 0.15) is 11.5 Å². The van der Waals surface area contributed by atoms with Crippen molar-refractivity contribution in [1.29, 1.82) is 0 Å². The summed E-state index contributed by atoms with van der Waals surface area (Å²) in [5.74, 6) is -1.81. The standard InChI is InChI=1S/C22H16F2N5O6S2.2Na.H2O4S/c1-2-37(32,33)15-6-3-13(4-7-15)28-29-20-17(36-35-34-31)10-12-9-14(5-8-16(12)21(20)30)25-19-11-18(23)26-22(24)27-19;;;1-5(2,3)4/h3-11,30-31H,1-2H2,(H,25,26,27);;;(H2,1,2,3,4)/q-1;2*+1;/p-2. The number of aromatic nitrogens is 2. The topological polar surface area (TPSA) is 236 Å². The maximum absolute atomic E-state index is 13.4. The summed E-state index contributed by atoms with van der Waals surface area (Å²) in [4.78, 5) is 6.59. The van der Waals surface area contributed by atoms with Crippen molar-refractivity contribution in [2.24, 2.45) is 10.2 Å². The zero-order chi connectivity index (χ0) is 31.1. The van der Waals surface area contributed by atoms with E-state index in [4.69, 9.17) is 17.5 Å². The van der Waals surface area contributed by atoms with Crippen molar-refractivity contribution in [1.82, 2.24) is 9.97 Å². The van der Waals surface area contributed by atoms with Crippen molar-refractivity contribution in [3.8, 4) is 5.75 Å². The fraction of sp³-hybridized carbons (Fsp3) is 0.0455. The molecular weight excluding hydrogens is 674 g/mol. The summed E-state index contributed by atoms with van der Waals surface area (Å²) < 4.78 is 87.7. The van der Waals surface area contributed by atoms with E-state index < -0.39 is 32.3 Å². The van der Waals surface area contributed by atoms with Gasteiger partial charge < -0.3 is 27.2 Å². The third kappa shape index (κ3) is 12.1. The quantitative estimate of drug-likeness (QED) is 0.0159. The number of nitrogens with one attached hydrogen (secondary N) is 1. The zero-order valence-electron chi connectivity index (χ0n) is 22.5. The summed E-state index contributed by atoms with van der Waals surface area (Å²) in [6.07, 6.45) is -1.25. The smallest absolute Gasteiger partial charge is 0.726 e. The Morgan fingerprint density at radius 2 is 1.64 bits per heavy atom. The minimum Gasteiger partial charge on any atom is -0.726 e. The Kier molecular flexibility index (Phi) is 16.2. The molecule has 15 nitrogen and oxygen atoms in total. The average molecular weight is 691 g/mol. The average Bonchev–Trinajstić information content (AvgIpc) is 2.90. The number of nitrogens with zero attached hydrogens (tertiary/aromatic N) is 4. The Balaban J connectivity index is 0.00000128. The fourth-order valence-corrected chi connectivity index (χ4v) is 4.47. The summed E-state index contributed by atoms with van der Waals surface area (Å²) in [5.41, 5.74) is 0.584. The van der Waals surface area contributed by atoms with Crippen LogP contribution in [0.3, 0.4) is 0 Å². The van der Waals surface area contributed by atoms with Gasteiger partial charge in [-0.2, -0.15) is 28.2 Å². The maximum Gasteiger partial charge on any atom is 1.00 e. The molecule has 0 amide bonds. The van der Waals surface area contributed by atoms with E-state index in [-0.39, 0.29) is 97.6 Å². The Labute approximate surface area is 297 Å². The van der Waals surface area contributed by atoms with Gasteiger partial charge >= 0.3 is 65.2 Å². The van der Waals surface area contributed by atoms with Crippen molar-refractivity contribution in [2.45, 2.75) is 9.79 Å². The third-order valence-electron chi connectivity index (χ3n) is 4.87. The van der Waals surface area contributed by atoms with Gasteiger partial charge in [0.15, 0.2) is 15.6 Å². The van der Waals surface area contributed by atoms with Gasteiger partial charge in [0.25, 0.3) is 0 Å². The summed E-state index contributed by atoms with van der Waals surface area (Å²) >= 11 is 0.459. The summed E-state index contributed by atoms with van der Waals surface area (Å²) in [6.45, 7) is 3.39. The van der Waals surface area contributed by atoms with Gasteiger partial charge in [-0.05, 0) is 53.9 Å². The summed E-state index contributed by atoms with van der Waals surface area (Å²) in [6, 6.07) is 12.5. The minimum absolute atomic E-state index is 0. The van der Waals surface area contributed by atoms with Gasteiger partial charge in [-0.15, -0.1) is 5.11 Å². The first-order valence-electron chi connectivity index (χ1n) is 10.8. The Hall–Kier alpha value is -1.89. The molecule has 0 radical (unpaired) electrons. The van der Waals surface area contributed by atoms with Gasteiger partial charge in [-0.1, -0.05) is 5.75 Å². The Morgan fingerprint density at radius 1 is 1.00 bits per heavy atom. The van der Waals surface area contributed by atoms with Crippen LogP contribution in [-0.4, -0.2) is 46.8 Å². The SMILES string of the molecule is O=S(=O)([O-])O.[CH2-]CS(=O)(=O)c1ccc(N=Nc2c(SOO[O-])cc3cc(Nc4cc(F)nc(F)n4)ccc3c2O)cc1.[Na+].[Na+]. The molecule has 0 aliphatic rings. The van der Waals surface area contributed by atoms with Crippen molar-refractivity contribution in [2.75, 3.05) is 11.1 Å². The molecule has 0 unspecified atom stereocenters. The van der Waals surface area contributed by atoms with Crippen LogP contribution in [0.1, 0.15) is 0 Å². The van der Waals surface area contributed by atoms with Crippen LogP contribution in [0.5, 0.6) is 5.75 Å². The molecule has 1 heterocycles. The van der Waals surface area contributed by atoms with Crippen LogP contribution in [0, 0.1) is 18.9 Å². The molecule has 0 aliphatic carbocycles. The number of sulfone groups is 1. The second-order valence-corrected chi connectivity index (χ2v) is 11.3. The summed E-state index contributed by atoms with van der Waals surface area (Å²) in [7, 11) is -8.41. The van der Waals surface area contributed by atoms with Crippen LogP contribution in [0.4, 0.5) is 31.7 Å². The Bertz CT molecular complexity index is 1810. The molecule has 4 aromatic rings. The number of hydrogen-bond acceptors (Lipinski definition) is 15. The van der Waals surface area contributed by atoms with Crippen LogP contribution in [0.2, 0.25) is 0 Å². The van der Waals surface area contributed by atoms with Crippen LogP contribution in [-0.2, 0) is 29.6 Å². The number of anilines is 2. The van der Waals surface area contributed by atoms with E-state index in [0.29, 0.717) is 28.5 Å². The molecule has 224 valence electrons. The van der Waals surface area contributed by atoms with E-state index in [0.717, 1.165) is 6.07 Å². The number of aromatic hydroxyl groups is 1. The van der Waals surface area contributed by atoms with Gasteiger partial charge in [-0.3, -0.25) is 9.59 Å². The molecule has 0 bridgehead atoms. The number of azo groups is 1. The first kappa shape index (κ1) is 40.1. The molecule has 0 spiro atoms. The Morgan fingerprint density at radius 3 is 2.20 bits per heavy atom. The van der Waals surface area contributed by atoms with Crippen molar-refractivity contribution < 1.29 is 114 Å². The maximum atomic E-state index is 13.4. The van der Waals surface area contributed by atoms with E-state index in [2.05, 4.69) is 41.8 Å². The van der Waals surface area contributed by atoms with E-state index >= 15 is 0 Å². The normalized spacial score (nSPS) is 11.3. The molecular formula is C22H16F2N5Na2O10S3-. The molecule has 0 aliphatic heterocycles. The zero-order valence-corrected chi connectivity index (χ0v) is 29.0. The van der Waals surface area contributed by atoms with E-state index in [1.807, 2.05) is 0 Å². The minimum atomic E-state index is -4.92. The van der Waals surface area contributed by atoms with Crippen molar-refractivity contribution >= 4 is 65.9 Å². The number of phenols is 1. The fourth-order valence-electron chi connectivity index (χ4n) is 3.19. The first-order valence-corrected chi connectivity index (χ1v) is 14.6. The van der Waals surface area contributed by atoms with E-state index in [9.17, 15) is 27.6 Å². The van der Waals surface area contributed by atoms with Crippen LogP contribution in [0.25, 0.3) is 10.8 Å².